The zero-order valence-corrected chi connectivity index (χ0v) is 13.0. The summed E-state index contributed by atoms with van der Waals surface area (Å²) in [5.41, 5.74) is 0. The fourth-order valence-electron chi connectivity index (χ4n) is 2.08. The molecular weight excluding hydrogens is 282 g/mol. The molecule has 0 bridgehead atoms. The summed E-state index contributed by atoms with van der Waals surface area (Å²) in [6.45, 7) is 5.33. The molecule has 1 aromatic heterocycles. The van der Waals surface area contributed by atoms with Gasteiger partial charge in [0.1, 0.15) is 10.7 Å². The van der Waals surface area contributed by atoms with Crippen LogP contribution in [0, 0.1) is 0 Å². The fraction of sp³-hybridized carbons (Fsp3) is 0.583. The Morgan fingerprint density at radius 2 is 2.16 bits per heavy atom. The van der Waals surface area contributed by atoms with E-state index in [1.165, 1.54) is 13.2 Å². The van der Waals surface area contributed by atoms with Crippen molar-refractivity contribution in [2.45, 2.75) is 30.0 Å². The highest BCUT2D eigenvalue weighted by molar-refractivity contribution is 8.00. The maximum Gasteiger partial charge on any atom is 0.241 e. The van der Waals surface area contributed by atoms with Gasteiger partial charge < -0.3 is 4.90 Å². The third kappa shape index (κ3) is 3.04. The summed E-state index contributed by atoms with van der Waals surface area (Å²) in [6, 6.07) is 3.79. The van der Waals surface area contributed by atoms with Gasteiger partial charge in [0.2, 0.25) is 10.0 Å². The molecule has 1 aliphatic rings. The standard InChI is InChI=1S/C12H19N3O2S2/c1-9-10(2)18-7-6-15(9)12-5-4-11(8-14-12)19(16,17)13-3/h4-5,8-10,13H,6-7H2,1-3H3. The summed E-state index contributed by atoms with van der Waals surface area (Å²) in [5.74, 6) is 1.92. The van der Waals surface area contributed by atoms with E-state index < -0.39 is 10.0 Å². The van der Waals surface area contributed by atoms with Crippen molar-refractivity contribution in [3.8, 4) is 0 Å². The zero-order chi connectivity index (χ0) is 14.0. The topological polar surface area (TPSA) is 62.3 Å². The summed E-state index contributed by atoms with van der Waals surface area (Å²) in [4.78, 5) is 6.73. The van der Waals surface area contributed by atoms with Gasteiger partial charge in [0, 0.05) is 29.8 Å². The molecule has 0 aliphatic carbocycles. The van der Waals surface area contributed by atoms with E-state index in [9.17, 15) is 8.42 Å². The van der Waals surface area contributed by atoms with E-state index in [-0.39, 0.29) is 4.90 Å². The van der Waals surface area contributed by atoms with Crippen LogP contribution in [0.4, 0.5) is 5.82 Å². The molecule has 1 fully saturated rings. The lowest BCUT2D eigenvalue weighted by atomic mass is 10.2. The van der Waals surface area contributed by atoms with Crippen molar-refractivity contribution >= 4 is 27.6 Å². The number of sulfonamides is 1. The zero-order valence-electron chi connectivity index (χ0n) is 11.3. The van der Waals surface area contributed by atoms with Crippen molar-refractivity contribution in [3.05, 3.63) is 18.3 Å². The summed E-state index contributed by atoms with van der Waals surface area (Å²) in [5, 5.41) is 0.552. The van der Waals surface area contributed by atoms with E-state index in [2.05, 4.69) is 28.5 Å². The van der Waals surface area contributed by atoms with Crippen molar-refractivity contribution in [3.63, 3.8) is 0 Å². The minimum Gasteiger partial charge on any atom is -0.352 e. The van der Waals surface area contributed by atoms with Crippen LogP contribution in [-0.2, 0) is 10.0 Å². The molecule has 106 valence electrons. The number of aromatic nitrogens is 1. The van der Waals surface area contributed by atoms with Crippen LogP contribution in [0.3, 0.4) is 0 Å². The average molecular weight is 301 g/mol. The largest absolute Gasteiger partial charge is 0.352 e. The lowest BCUT2D eigenvalue weighted by Gasteiger charge is -2.38. The summed E-state index contributed by atoms with van der Waals surface area (Å²) >= 11 is 1.96. The Labute approximate surface area is 118 Å². The van der Waals surface area contributed by atoms with Gasteiger partial charge in [-0.15, -0.1) is 0 Å². The lowest BCUT2D eigenvalue weighted by Crippen LogP contribution is -2.45. The summed E-state index contributed by atoms with van der Waals surface area (Å²) in [6.07, 6.45) is 1.42. The van der Waals surface area contributed by atoms with Gasteiger partial charge in [-0.3, -0.25) is 0 Å². The second-order valence-corrected chi connectivity index (χ2v) is 7.94. The van der Waals surface area contributed by atoms with Gasteiger partial charge in [0.05, 0.1) is 0 Å². The smallest absolute Gasteiger partial charge is 0.241 e. The Morgan fingerprint density at radius 3 is 2.74 bits per heavy atom. The van der Waals surface area contributed by atoms with Crippen molar-refractivity contribution in [1.82, 2.24) is 9.71 Å². The first-order valence-corrected chi connectivity index (χ1v) is 8.77. The predicted octanol–water partition coefficient (Wildman–Crippen LogP) is 1.32. The van der Waals surface area contributed by atoms with E-state index in [1.807, 2.05) is 11.8 Å². The molecule has 0 saturated carbocycles. The van der Waals surface area contributed by atoms with Gasteiger partial charge in [0.15, 0.2) is 0 Å². The molecule has 1 saturated heterocycles. The Morgan fingerprint density at radius 1 is 1.42 bits per heavy atom. The van der Waals surface area contributed by atoms with Crippen LogP contribution in [0.1, 0.15) is 13.8 Å². The van der Waals surface area contributed by atoms with Crippen LogP contribution in [0.5, 0.6) is 0 Å². The number of anilines is 1. The van der Waals surface area contributed by atoms with Gasteiger partial charge in [0.25, 0.3) is 0 Å². The van der Waals surface area contributed by atoms with Crippen molar-refractivity contribution in [2.75, 3.05) is 24.2 Å². The third-order valence-electron chi connectivity index (χ3n) is 3.48. The summed E-state index contributed by atoms with van der Waals surface area (Å²) < 4.78 is 25.6. The number of thioether (sulfide) groups is 1. The highest BCUT2D eigenvalue weighted by Crippen LogP contribution is 2.28. The molecule has 19 heavy (non-hydrogen) atoms. The van der Waals surface area contributed by atoms with Crippen LogP contribution in [0.25, 0.3) is 0 Å². The first-order valence-electron chi connectivity index (χ1n) is 6.23. The van der Waals surface area contributed by atoms with E-state index in [0.717, 1.165) is 18.1 Å². The van der Waals surface area contributed by atoms with Crippen LogP contribution in [-0.4, -0.2) is 44.0 Å². The summed E-state index contributed by atoms with van der Waals surface area (Å²) in [7, 11) is -2.01. The van der Waals surface area contributed by atoms with Gasteiger partial charge in [-0.05, 0) is 26.1 Å². The van der Waals surface area contributed by atoms with Crippen molar-refractivity contribution < 1.29 is 8.42 Å². The molecule has 5 nitrogen and oxygen atoms in total. The Bertz CT molecular complexity index is 530. The van der Waals surface area contributed by atoms with Crippen molar-refractivity contribution in [2.24, 2.45) is 0 Å². The van der Waals surface area contributed by atoms with Gasteiger partial charge >= 0.3 is 0 Å². The molecule has 1 aromatic rings. The molecule has 0 radical (unpaired) electrons. The van der Waals surface area contributed by atoms with Gasteiger partial charge in [-0.25, -0.2) is 18.1 Å². The van der Waals surface area contributed by atoms with E-state index in [1.54, 1.807) is 12.1 Å². The number of nitrogens with one attached hydrogen (secondary N) is 1. The third-order valence-corrected chi connectivity index (χ3v) is 6.22. The fourth-order valence-corrected chi connectivity index (χ4v) is 3.85. The van der Waals surface area contributed by atoms with Crippen LogP contribution >= 0.6 is 11.8 Å². The minimum absolute atomic E-state index is 0.200. The molecule has 7 heteroatoms. The normalized spacial score (nSPS) is 24.5. The predicted molar refractivity (Wildman–Crippen MR) is 79.2 cm³/mol. The Balaban J connectivity index is 2.23. The highest BCUT2D eigenvalue weighted by atomic mass is 32.2. The maximum atomic E-state index is 11.6. The minimum atomic E-state index is -3.41. The van der Waals surface area contributed by atoms with Gasteiger partial charge in [-0.1, -0.05) is 6.92 Å². The van der Waals surface area contributed by atoms with Crippen LogP contribution < -0.4 is 9.62 Å². The van der Waals surface area contributed by atoms with E-state index in [0.29, 0.717) is 11.3 Å². The average Bonchev–Trinajstić information content (AvgIpc) is 2.42. The van der Waals surface area contributed by atoms with Gasteiger partial charge in [-0.2, -0.15) is 11.8 Å². The molecular formula is C12H19N3O2S2. The molecule has 2 atom stereocenters. The molecule has 2 rings (SSSR count). The number of rotatable bonds is 3. The van der Waals surface area contributed by atoms with Crippen LogP contribution in [0.15, 0.2) is 23.2 Å². The Hall–Kier alpha value is -0.790. The number of hydrogen-bond donors (Lipinski definition) is 1. The first kappa shape index (κ1) is 14.6. The SMILES string of the molecule is CNS(=O)(=O)c1ccc(N2CCSC(C)C2C)nc1. The molecule has 0 spiro atoms. The molecule has 1 aliphatic heterocycles. The monoisotopic (exact) mass is 301 g/mol. The molecule has 2 heterocycles. The first-order chi connectivity index (χ1) is 8.95. The second kappa shape index (κ2) is 5.68. The van der Waals surface area contributed by atoms with E-state index in [4.69, 9.17) is 0 Å². The molecule has 2 unspecified atom stereocenters. The maximum absolute atomic E-state index is 11.6. The molecule has 0 amide bonds. The molecule has 1 N–H and O–H groups in total. The molecule has 0 aromatic carbocycles. The van der Waals surface area contributed by atoms with Crippen molar-refractivity contribution in [1.29, 1.82) is 0 Å². The van der Waals surface area contributed by atoms with Crippen LogP contribution in [0.2, 0.25) is 0 Å². The number of nitrogens with zero attached hydrogens (tertiary/aromatic N) is 2. The lowest BCUT2D eigenvalue weighted by molar-refractivity contribution is 0.587. The highest BCUT2D eigenvalue weighted by Gasteiger charge is 2.26. The number of pyridine rings is 1. The van der Waals surface area contributed by atoms with E-state index >= 15 is 0 Å². The number of hydrogen-bond acceptors (Lipinski definition) is 5. The quantitative estimate of drug-likeness (QED) is 0.912. The second-order valence-electron chi connectivity index (χ2n) is 4.57. The Kier molecular flexibility index (Phi) is 4.37.